The van der Waals surface area contributed by atoms with E-state index in [9.17, 15) is 0 Å². The van der Waals surface area contributed by atoms with E-state index in [1.165, 1.54) is 19.3 Å². The van der Waals surface area contributed by atoms with Crippen molar-refractivity contribution in [3.63, 3.8) is 0 Å². The predicted molar refractivity (Wildman–Crippen MR) is 53.8 cm³/mol. The van der Waals surface area contributed by atoms with Crippen molar-refractivity contribution < 1.29 is 9.47 Å². The second kappa shape index (κ2) is 7.10. The second-order valence-corrected chi connectivity index (χ2v) is 3.54. The molecule has 0 heterocycles. The highest BCUT2D eigenvalue weighted by atomic mass is 16.5. The van der Waals surface area contributed by atoms with Gasteiger partial charge in [-0.25, -0.2) is 0 Å². The molecule has 0 radical (unpaired) electrons. The Hall–Kier alpha value is -0.340. The quantitative estimate of drug-likeness (QED) is 0.466. The number of ether oxygens (including phenoxy) is 2. The highest BCUT2D eigenvalue weighted by Crippen LogP contribution is 2.16. The summed E-state index contributed by atoms with van der Waals surface area (Å²) in [5.74, 6) is 0.663. The predicted octanol–water partition coefficient (Wildman–Crippen LogP) is 2.40. The molecule has 0 N–H and O–H groups in total. The first-order valence-electron chi connectivity index (χ1n) is 5.17. The first-order valence-corrected chi connectivity index (χ1v) is 5.17. The van der Waals surface area contributed by atoms with Crippen LogP contribution in [0.3, 0.4) is 0 Å². The summed E-state index contributed by atoms with van der Waals surface area (Å²) in [4.78, 5) is 0. The number of rotatable bonds is 6. The van der Waals surface area contributed by atoms with Crippen molar-refractivity contribution >= 4 is 0 Å². The van der Waals surface area contributed by atoms with Crippen LogP contribution in [0, 0.1) is 5.92 Å². The minimum absolute atomic E-state index is 0.663. The molecule has 1 atom stereocenters. The highest BCUT2D eigenvalue weighted by Gasteiger charge is 2.07. The van der Waals surface area contributed by atoms with E-state index in [1.54, 1.807) is 7.11 Å². The van der Waals surface area contributed by atoms with Gasteiger partial charge in [0.1, 0.15) is 0 Å². The van der Waals surface area contributed by atoms with Gasteiger partial charge in [-0.1, -0.05) is 12.2 Å². The second-order valence-electron chi connectivity index (χ2n) is 3.54. The summed E-state index contributed by atoms with van der Waals surface area (Å²) in [6.45, 7) is 2.53. The molecule has 0 amide bonds. The van der Waals surface area contributed by atoms with Gasteiger partial charge in [0.15, 0.2) is 0 Å². The first-order chi connectivity index (χ1) is 6.43. The van der Waals surface area contributed by atoms with Crippen molar-refractivity contribution in [3.05, 3.63) is 12.2 Å². The molecule has 1 aliphatic rings. The summed E-state index contributed by atoms with van der Waals surface area (Å²) >= 11 is 0. The summed E-state index contributed by atoms with van der Waals surface area (Å²) in [5.41, 5.74) is 0. The molecule has 1 aliphatic carbocycles. The normalized spacial score (nSPS) is 22.1. The monoisotopic (exact) mass is 184 g/mol. The summed E-state index contributed by atoms with van der Waals surface area (Å²) in [7, 11) is 1.73. The fraction of sp³-hybridized carbons (Fsp3) is 0.818. The van der Waals surface area contributed by atoms with Crippen molar-refractivity contribution in [1.82, 2.24) is 0 Å². The Labute approximate surface area is 80.9 Å². The topological polar surface area (TPSA) is 18.5 Å². The van der Waals surface area contributed by atoms with Gasteiger partial charge in [-0.15, -0.1) is 0 Å². The molecule has 76 valence electrons. The zero-order valence-electron chi connectivity index (χ0n) is 8.50. The van der Waals surface area contributed by atoms with Gasteiger partial charge >= 0.3 is 0 Å². The zero-order chi connectivity index (χ0) is 9.36. The van der Waals surface area contributed by atoms with Crippen LogP contribution in [-0.2, 0) is 9.47 Å². The fourth-order valence-electron chi connectivity index (χ4n) is 1.56. The maximum atomic E-state index is 5.54. The number of hydrogen-bond donors (Lipinski definition) is 0. The van der Waals surface area contributed by atoms with Crippen LogP contribution in [0.1, 0.15) is 25.7 Å². The van der Waals surface area contributed by atoms with Crippen LogP contribution in [0.15, 0.2) is 12.2 Å². The van der Waals surface area contributed by atoms with E-state index in [0.717, 1.165) is 26.2 Å². The molecule has 1 rings (SSSR count). The third-order valence-electron chi connectivity index (χ3n) is 2.32. The van der Waals surface area contributed by atoms with Gasteiger partial charge in [0, 0.05) is 26.2 Å². The molecule has 0 aromatic heterocycles. The molecule has 0 spiro atoms. The fourth-order valence-corrected chi connectivity index (χ4v) is 1.56. The molecule has 0 saturated carbocycles. The first kappa shape index (κ1) is 10.7. The molecule has 0 saturated heterocycles. The molecule has 0 aliphatic heterocycles. The number of methoxy groups -OCH3 is 1. The summed E-state index contributed by atoms with van der Waals surface area (Å²) < 4.78 is 10.5. The van der Waals surface area contributed by atoms with Crippen molar-refractivity contribution in [2.45, 2.75) is 25.7 Å². The van der Waals surface area contributed by atoms with E-state index in [2.05, 4.69) is 12.2 Å². The van der Waals surface area contributed by atoms with Gasteiger partial charge in [0.25, 0.3) is 0 Å². The van der Waals surface area contributed by atoms with Crippen LogP contribution in [0.4, 0.5) is 0 Å². The van der Waals surface area contributed by atoms with E-state index < -0.39 is 0 Å². The Kier molecular flexibility index (Phi) is 5.87. The van der Waals surface area contributed by atoms with Gasteiger partial charge in [-0.3, -0.25) is 0 Å². The summed E-state index contributed by atoms with van der Waals surface area (Å²) in [5, 5.41) is 0. The van der Waals surface area contributed by atoms with Crippen LogP contribution >= 0.6 is 0 Å². The van der Waals surface area contributed by atoms with Crippen LogP contribution in [0.5, 0.6) is 0 Å². The van der Waals surface area contributed by atoms with E-state index >= 15 is 0 Å². The SMILES string of the molecule is COCCCOCC1C=CCCC1. The molecule has 0 bridgehead atoms. The minimum Gasteiger partial charge on any atom is -0.385 e. The Morgan fingerprint density at radius 2 is 2.31 bits per heavy atom. The molecule has 1 unspecified atom stereocenters. The molecular weight excluding hydrogens is 164 g/mol. The molecule has 13 heavy (non-hydrogen) atoms. The van der Waals surface area contributed by atoms with Gasteiger partial charge in [-0.05, 0) is 25.7 Å². The number of hydrogen-bond acceptors (Lipinski definition) is 2. The highest BCUT2D eigenvalue weighted by molar-refractivity contribution is 4.92. The zero-order valence-corrected chi connectivity index (χ0v) is 8.50. The van der Waals surface area contributed by atoms with E-state index in [4.69, 9.17) is 9.47 Å². The lowest BCUT2D eigenvalue weighted by Gasteiger charge is -2.15. The van der Waals surface area contributed by atoms with E-state index in [1.807, 2.05) is 0 Å². The van der Waals surface area contributed by atoms with Gasteiger partial charge in [0.05, 0.1) is 6.61 Å². The maximum absolute atomic E-state index is 5.54. The average molecular weight is 184 g/mol. The lowest BCUT2D eigenvalue weighted by atomic mass is 9.97. The summed E-state index contributed by atoms with van der Waals surface area (Å²) in [6, 6.07) is 0. The maximum Gasteiger partial charge on any atom is 0.0528 e. The van der Waals surface area contributed by atoms with Crippen LogP contribution in [0.2, 0.25) is 0 Å². The average Bonchev–Trinajstić information content (AvgIpc) is 2.19. The summed E-state index contributed by atoms with van der Waals surface area (Å²) in [6.07, 6.45) is 9.43. The Balaban J connectivity index is 1.92. The van der Waals surface area contributed by atoms with Gasteiger partial charge < -0.3 is 9.47 Å². The largest absolute Gasteiger partial charge is 0.385 e. The lowest BCUT2D eigenvalue weighted by Crippen LogP contribution is -2.10. The Morgan fingerprint density at radius 3 is 3.00 bits per heavy atom. The van der Waals surface area contributed by atoms with Crippen molar-refractivity contribution in [1.29, 1.82) is 0 Å². The smallest absolute Gasteiger partial charge is 0.0528 e. The molecule has 0 aromatic carbocycles. The van der Waals surface area contributed by atoms with Crippen molar-refractivity contribution in [2.75, 3.05) is 26.9 Å². The Bertz CT molecular complexity index is 143. The van der Waals surface area contributed by atoms with Crippen LogP contribution < -0.4 is 0 Å². The number of allylic oxidation sites excluding steroid dienone is 1. The molecule has 0 fully saturated rings. The standard InChI is InChI=1S/C11H20O2/c1-12-8-5-9-13-10-11-6-3-2-4-7-11/h3,6,11H,2,4-5,7-10H2,1H3. The van der Waals surface area contributed by atoms with Crippen LogP contribution in [0.25, 0.3) is 0 Å². The minimum atomic E-state index is 0.663. The van der Waals surface area contributed by atoms with E-state index in [0.29, 0.717) is 5.92 Å². The van der Waals surface area contributed by atoms with Crippen LogP contribution in [-0.4, -0.2) is 26.9 Å². The Morgan fingerprint density at radius 1 is 1.38 bits per heavy atom. The third-order valence-corrected chi connectivity index (χ3v) is 2.32. The third kappa shape index (κ3) is 5.06. The molecule has 0 aromatic rings. The molecular formula is C11H20O2. The van der Waals surface area contributed by atoms with E-state index in [-0.39, 0.29) is 0 Å². The molecule has 2 nitrogen and oxygen atoms in total. The molecule has 2 heteroatoms. The van der Waals surface area contributed by atoms with Gasteiger partial charge in [-0.2, -0.15) is 0 Å². The van der Waals surface area contributed by atoms with Crippen molar-refractivity contribution in [2.24, 2.45) is 5.92 Å². The van der Waals surface area contributed by atoms with Gasteiger partial charge in [0.2, 0.25) is 0 Å². The lowest BCUT2D eigenvalue weighted by molar-refractivity contribution is 0.0851. The van der Waals surface area contributed by atoms with Crippen molar-refractivity contribution in [3.8, 4) is 0 Å².